The Bertz CT molecular complexity index is 1320. The molecule has 0 radical (unpaired) electrons. The van der Waals surface area contributed by atoms with Crippen molar-refractivity contribution in [1.29, 1.82) is 0 Å². The maximum atomic E-state index is 13.9. The predicted octanol–water partition coefficient (Wildman–Crippen LogP) is 7.73. The van der Waals surface area contributed by atoms with E-state index in [1.165, 1.54) is 0 Å². The number of rotatable bonds is 8. The van der Waals surface area contributed by atoms with Crippen LogP contribution in [0, 0.1) is 20.8 Å². The third-order valence-electron chi connectivity index (χ3n) is 6.01. The molecule has 4 nitrogen and oxygen atoms in total. The molecular weight excluding hydrogens is 436 g/mol. The fourth-order valence-electron chi connectivity index (χ4n) is 3.89. The quantitative estimate of drug-likeness (QED) is 0.151. The first-order valence-electron chi connectivity index (χ1n) is 12.0. The number of carbonyl (C=O) groups excluding carboxylic acids is 2. The number of furan rings is 1. The van der Waals surface area contributed by atoms with Gasteiger partial charge in [0.1, 0.15) is 17.1 Å². The second kappa shape index (κ2) is 10.6. The molecule has 0 saturated heterocycles. The molecule has 4 aromatic rings. The molecule has 178 valence electrons. The fraction of sp³-hybridized carbons (Fsp3) is 0.226. The van der Waals surface area contributed by atoms with Gasteiger partial charge < -0.3 is 9.15 Å². The molecule has 0 aliphatic carbocycles. The van der Waals surface area contributed by atoms with Crippen molar-refractivity contribution < 1.29 is 18.7 Å². The molecular formula is C31H30O4. The monoisotopic (exact) mass is 466 g/mol. The normalized spacial score (nSPS) is 10.9. The summed E-state index contributed by atoms with van der Waals surface area (Å²) in [7, 11) is 0. The van der Waals surface area contributed by atoms with Crippen LogP contribution in [0.4, 0.5) is 0 Å². The lowest BCUT2D eigenvalue weighted by Crippen LogP contribution is -2.13. The number of aryl methyl sites for hydroxylation is 3. The van der Waals surface area contributed by atoms with E-state index in [-0.39, 0.29) is 23.5 Å². The zero-order valence-electron chi connectivity index (χ0n) is 20.7. The van der Waals surface area contributed by atoms with E-state index in [1.54, 1.807) is 12.1 Å². The molecule has 0 N–H and O–H groups in total. The summed E-state index contributed by atoms with van der Waals surface area (Å²) in [6, 6.07) is 22.8. The van der Waals surface area contributed by atoms with Crippen molar-refractivity contribution in [1.82, 2.24) is 0 Å². The van der Waals surface area contributed by atoms with Gasteiger partial charge in [-0.05, 0) is 27.2 Å². The van der Waals surface area contributed by atoms with Crippen LogP contribution in [0.2, 0.25) is 0 Å². The minimum Gasteiger partial charge on any atom is -0.462 e. The third-order valence-corrected chi connectivity index (χ3v) is 6.01. The van der Waals surface area contributed by atoms with Gasteiger partial charge in [0.2, 0.25) is 0 Å². The Morgan fingerprint density at radius 1 is 0.686 bits per heavy atom. The lowest BCUT2D eigenvalue weighted by Gasteiger charge is -2.08. The summed E-state index contributed by atoms with van der Waals surface area (Å²) < 4.78 is 12.0. The van der Waals surface area contributed by atoms with Crippen LogP contribution in [0.3, 0.4) is 0 Å². The van der Waals surface area contributed by atoms with Crippen LogP contribution in [0.15, 0.2) is 77.2 Å². The van der Waals surface area contributed by atoms with Crippen LogP contribution in [0.25, 0.3) is 22.6 Å². The van der Waals surface area contributed by atoms with Crippen molar-refractivity contribution in [3.05, 3.63) is 106 Å². The molecule has 3 aromatic carbocycles. The Kier molecular flexibility index (Phi) is 7.31. The maximum Gasteiger partial charge on any atom is 0.342 e. The van der Waals surface area contributed by atoms with Crippen molar-refractivity contribution in [2.24, 2.45) is 0 Å². The number of unbranched alkanes of at least 4 members (excludes halogenated alkanes) is 1. The highest BCUT2D eigenvalue weighted by Crippen LogP contribution is 2.39. The van der Waals surface area contributed by atoms with Crippen LogP contribution in [-0.4, -0.2) is 18.4 Å². The lowest BCUT2D eigenvalue weighted by molar-refractivity contribution is 0.0497. The van der Waals surface area contributed by atoms with E-state index in [1.807, 2.05) is 88.4 Å². The molecule has 0 aliphatic rings. The predicted molar refractivity (Wildman–Crippen MR) is 139 cm³/mol. The topological polar surface area (TPSA) is 56.5 Å². The summed E-state index contributed by atoms with van der Waals surface area (Å²) in [6.07, 6.45) is 1.64. The molecule has 0 bridgehead atoms. The number of hydrogen-bond donors (Lipinski definition) is 0. The number of ether oxygens (including phenoxy) is 1. The molecule has 0 saturated carbocycles. The molecule has 0 fully saturated rings. The number of esters is 1. The van der Waals surface area contributed by atoms with Crippen LogP contribution in [0.5, 0.6) is 0 Å². The smallest absolute Gasteiger partial charge is 0.342 e. The van der Waals surface area contributed by atoms with Crippen LogP contribution >= 0.6 is 0 Å². The molecule has 4 rings (SSSR count). The fourth-order valence-corrected chi connectivity index (χ4v) is 3.89. The van der Waals surface area contributed by atoms with E-state index in [9.17, 15) is 9.59 Å². The minimum atomic E-state index is -0.549. The van der Waals surface area contributed by atoms with Gasteiger partial charge in [0.15, 0.2) is 5.78 Å². The second-order valence-corrected chi connectivity index (χ2v) is 8.93. The minimum absolute atomic E-state index is 0.172. The van der Waals surface area contributed by atoms with Crippen molar-refractivity contribution in [3.63, 3.8) is 0 Å². The molecule has 0 unspecified atom stereocenters. The van der Waals surface area contributed by atoms with Crippen molar-refractivity contribution >= 4 is 11.8 Å². The summed E-state index contributed by atoms with van der Waals surface area (Å²) in [5.41, 5.74) is 5.56. The summed E-state index contributed by atoms with van der Waals surface area (Å²) >= 11 is 0. The molecule has 1 heterocycles. The summed E-state index contributed by atoms with van der Waals surface area (Å²) in [4.78, 5) is 27.4. The maximum absolute atomic E-state index is 13.9. The van der Waals surface area contributed by atoms with Gasteiger partial charge in [0.05, 0.1) is 12.2 Å². The van der Waals surface area contributed by atoms with E-state index < -0.39 is 5.97 Å². The van der Waals surface area contributed by atoms with Gasteiger partial charge >= 0.3 is 5.97 Å². The Morgan fingerprint density at radius 2 is 1.14 bits per heavy atom. The van der Waals surface area contributed by atoms with Gasteiger partial charge in [-0.25, -0.2) is 4.79 Å². The Labute approximate surface area is 206 Å². The van der Waals surface area contributed by atoms with E-state index >= 15 is 0 Å². The Hall–Kier alpha value is -3.92. The average Bonchev–Trinajstić information content (AvgIpc) is 3.26. The highest BCUT2D eigenvalue weighted by Gasteiger charge is 2.33. The highest BCUT2D eigenvalue weighted by atomic mass is 16.5. The van der Waals surface area contributed by atoms with Crippen LogP contribution in [0.1, 0.15) is 62.7 Å². The number of ketones is 1. The van der Waals surface area contributed by atoms with Gasteiger partial charge in [-0.1, -0.05) is 103 Å². The molecule has 0 spiro atoms. The first-order valence-corrected chi connectivity index (χ1v) is 12.0. The highest BCUT2D eigenvalue weighted by molar-refractivity contribution is 6.19. The van der Waals surface area contributed by atoms with E-state index in [0.29, 0.717) is 22.6 Å². The van der Waals surface area contributed by atoms with Crippen LogP contribution in [-0.2, 0) is 4.74 Å². The van der Waals surface area contributed by atoms with Gasteiger partial charge in [-0.15, -0.1) is 0 Å². The first-order chi connectivity index (χ1) is 16.9. The van der Waals surface area contributed by atoms with Gasteiger partial charge in [-0.2, -0.15) is 0 Å². The summed E-state index contributed by atoms with van der Waals surface area (Å²) in [5.74, 6) is -0.108. The van der Waals surface area contributed by atoms with Gasteiger partial charge in [-0.3, -0.25) is 4.79 Å². The third kappa shape index (κ3) is 5.27. The zero-order chi connectivity index (χ0) is 24.9. The van der Waals surface area contributed by atoms with E-state index in [0.717, 1.165) is 35.1 Å². The number of benzene rings is 3. The molecule has 0 aliphatic heterocycles. The zero-order valence-corrected chi connectivity index (χ0v) is 20.7. The van der Waals surface area contributed by atoms with Crippen molar-refractivity contribution in [2.45, 2.75) is 40.5 Å². The van der Waals surface area contributed by atoms with Crippen molar-refractivity contribution in [2.75, 3.05) is 6.61 Å². The summed E-state index contributed by atoms with van der Waals surface area (Å²) in [5, 5.41) is 0. The molecule has 1 aromatic heterocycles. The van der Waals surface area contributed by atoms with E-state index in [4.69, 9.17) is 9.15 Å². The van der Waals surface area contributed by atoms with Crippen molar-refractivity contribution in [3.8, 4) is 22.6 Å². The van der Waals surface area contributed by atoms with Gasteiger partial charge in [0.25, 0.3) is 0 Å². The number of carbonyl (C=O) groups is 2. The average molecular weight is 467 g/mol. The van der Waals surface area contributed by atoms with Gasteiger partial charge in [0, 0.05) is 16.7 Å². The standard InChI is InChI=1S/C31H30O4/c1-5-6-19-34-31(33)27-26(28(32)23-13-7-20(2)8-14-23)29(24-15-9-21(3)10-16-24)35-30(27)25-17-11-22(4)12-18-25/h7-18H,5-6,19H2,1-4H3. The molecule has 4 heteroatoms. The van der Waals surface area contributed by atoms with Crippen LogP contribution < -0.4 is 0 Å². The number of hydrogen-bond acceptors (Lipinski definition) is 4. The van der Waals surface area contributed by atoms with E-state index in [2.05, 4.69) is 0 Å². The molecule has 35 heavy (non-hydrogen) atoms. The molecule has 0 atom stereocenters. The first kappa shape index (κ1) is 24.2. The Morgan fingerprint density at radius 3 is 1.63 bits per heavy atom. The molecule has 0 amide bonds. The largest absolute Gasteiger partial charge is 0.462 e. The summed E-state index contributed by atoms with van der Waals surface area (Å²) in [6.45, 7) is 8.28. The Balaban J connectivity index is 1.97. The SMILES string of the molecule is CCCCOC(=O)c1c(-c2ccc(C)cc2)oc(-c2ccc(C)cc2)c1C(=O)c1ccc(C)cc1. The lowest BCUT2D eigenvalue weighted by atomic mass is 9.94. The second-order valence-electron chi connectivity index (χ2n) is 8.93.